The summed E-state index contributed by atoms with van der Waals surface area (Å²) < 4.78 is 39.2. The molecule has 3 nitrogen and oxygen atoms in total. The highest BCUT2D eigenvalue weighted by Crippen LogP contribution is 2.12. The second kappa shape index (κ2) is 5.64. The molecule has 0 unspecified atom stereocenters. The van der Waals surface area contributed by atoms with Crippen LogP contribution in [0.4, 0.5) is 18.9 Å². The molecule has 104 valence electrons. The van der Waals surface area contributed by atoms with E-state index >= 15 is 0 Å². The van der Waals surface area contributed by atoms with Crippen molar-refractivity contribution < 1.29 is 18.0 Å². The molecule has 0 aliphatic rings. The molecule has 0 radical (unpaired) electrons. The molecular formula is C14H11F3N2O. The number of carbonyl (C=O) groups excluding carboxylic acids is 1. The number of amides is 1. The zero-order valence-corrected chi connectivity index (χ0v) is 10.3. The van der Waals surface area contributed by atoms with Gasteiger partial charge in [-0.25, -0.2) is 13.2 Å². The Kier molecular flexibility index (Phi) is 3.93. The largest absolute Gasteiger partial charge is 0.399 e. The van der Waals surface area contributed by atoms with E-state index in [1.807, 2.05) is 0 Å². The summed E-state index contributed by atoms with van der Waals surface area (Å²) in [4.78, 5) is 11.8. The van der Waals surface area contributed by atoms with Crippen molar-refractivity contribution in [2.24, 2.45) is 0 Å². The number of anilines is 1. The fraction of sp³-hybridized carbons (Fsp3) is 0.0714. The minimum Gasteiger partial charge on any atom is -0.399 e. The zero-order valence-electron chi connectivity index (χ0n) is 10.3. The van der Waals surface area contributed by atoms with Crippen LogP contribution in [0.3, 0.4) is 0 Å². The van der Waals surface area contributed by atoms with E-state index in [9.17, 15) is 18.0 Å². The van der Waals surface area contributed by atoms with Crippen LogP contribution in [0.1, 0.15) is 15.9 Å². The number of hydrogen-bond donors (Lipinski definition) is 2. The second-order valence-electron chi connectivity index (χ2n) is 4.19. The first kappa shape index (κ1) is 13.9. The molecule has 20 heavy (non-hydrogen) atoms. The van der Waals surface area contributed by atoms with Crippen molar-refractivity contribution in [3.05, 3.63) is 65.0 Å². The molecule has 2 aromatic carbocycles. The molecular weight excluding hydrogens is 269 g/mol. The maximum absolute atomic E-state index is 13.4. The third-order valence-corrected chi connectivity index (χ3v) is 2.64. The van der Waals surface area contributed by atoms with Gasteiger partial charge in [-0.3, -0.25) is 4.79 Å². The Hall–Kier alpha value is -2.50. The molecule has 2 aromatic rings. The molecule has 1 amide bonds. The van der Waals surface area contributed by atoms with Crippen molar-refractivity contribution >= 4 is 11.6 Å². The fourth-order valence-corrected chi connectivity index (χ4v) is 1.69. The Bertz CT molecular complexity index is 639. The van der Waals surface area contributed by atoms with Gasteiger partial charge in [-0.2, -0.15) is 0 Å². The Morgan fingerprint density at radius 2 is 1.80 bits per heavy atom. The van der Waals surface area contributed by atoms with Gasteiger partial charge in [-0.05, 0) is 24.3 Å². The molecule has 3 N–H and O–H groups in total. The Morgan fingerprint density at radius 3 is 2.45 bits per heavy atom. The van der Waals surface area contributed by atoms with Crippen molar-refractivity contribution in [2.75, 3.05) is 5.73 Å². The van der Waals surface area contributed by atoms with Crippen LogP contribution < -0.4 is 11.1 Å². The van der Waals surface area contributed by atoms with Crippen LogP contribution in [0.2, 0.25) is 0 Å². The molecule has 0 heterocycles. The number of benzene rings is 2. The molecule has 0 bridgehead atoms. The highest BCUT2D eigenvalue weighted by atomic mass is 19.1. The molecule has 6 heteroatoms. The lowest BCUT2D eigenvalue weighted by Gasteiger charge is -2.07. The number of carbonyl (C=O) groups is 1. The van der Waals surface area contributed by atoms with Gasteiger partial charge in [0, 0.05) is 29.4 Å². The summed E-state index contributed by atoms with van der Waals surface area (Å²) in [7, 11) is 0. The molecule has 0 aliphatic carbocycles. The van der Waals surface area contributed by atoms with Gasteiger partial charge in [0.2, 0.25) is 0 Å². The van der Waals surface area contributed by atoms with Crippen molar-refractivity contribution in [1.29, 1.82) is 0 Å². The number of nitrogen functional groups attached to an aromatic ring is 1. The lowest BCUT2D eigenvalue weighted by atomic mass is 10.1. The molecule has 0 spiro atoms. The van der Waals surface area contributed by atoms with E-state index in [1.54, 1.807) is 0 Å². The average molecular weight is 280 g/mol. The Morgan fingerprint density at radius 1 is 1.05 bits per heavy atom. The molecule has 0 aliphatic heterocycles. The molecule has 0 aromatic heterocycles. The van der Waals surface area contributed by atoms with Gasteiger partial charge in [0.25, 0.3) is 5.91 Å². The number of hydrogen-bond acceptors (Lipinski definition) is 2. The van der Waals surface area contributed by atoms with Crippen LogP contribution in [0.25, 0.3) is 0 Å². The van der Waals surface area contributed by atoms with Crippen molar-refractivity contribution in [1.82, 2.24) is 5.32 Å². The standard InChI is InChI=1S/C14H11F3N2O/c15-10-2-1-8(13(17)6-10)7-19-14(20)9-3-11(16)5-12(18)4-9/h1-6H,7,18H2,(H,19,20). The van der Waals surface area contributed by atoms with E-state index in [2.05, 4.69) is 5.32 Å². The summed E-state index contributed by atoms with van der Waals surface area (Å²) in [5.41, 5.74) is 5.70. The fourth-order valence-electron chi connectivity index (χ4n) is 1.69. The van der Waals surface area contributed by atoms with Crippen LogP contribution in [0.5, 0.6) is 0 Å². The van der Waals surface area contributed by atoms with Crippen LogP contribution in [0, 0.1) is 17.5 Å². The van der Waals surface area contributed by atoms with Crippen molar-refractivity contribution in [3.63, 3.8) is 0 Å². The quantitative estimate of drug-likeness (QED) is 0.849. The number of rotatable bonds is 3. The summed E-state index contributed by atoms with van der Waals surface area (Å²) in [6.07, 6.45) is 0. The molecule has 2 rings (SSSR count). The van der Waals surface area contributed by atoms with Crippen LogP contribution in [0.15, 0.2) is 36.4 Å². The maximum Gasteiger partial charge on any atom is 0.251 e. The Labute approximate surface area is 113 Å². The lowest BCUT2D eigenvalue weighted by Crippen LogP contribution is -2.23. The van der Waals surface area contributed by atoms with E-state index < -0.39 is 23.4 Å². The van der Waals surface area contributed by atoms with Gasteiger partial charge in [0.05, 0.1) is 0 Å². The van der Waals surface area contributed by atoms with Crippen molar-refractivity contribution in [3.8, 4) is 0 Å². The highest BCUT2D eigenvalue weighted by Gasteiger charge is 2.10. The highest BCUT2D eigenvalue weighted by molar-refractivity contribution is 5.95. The van der Waals surface area contributed by atoms with Gasteiger partial charge in [-0.1, -0.05) is 6.07 Å². The van der Waals surface area contributed by atoms with Crippen LogP contribution in [-0.2, 0) is 6.54 Å². The molecule has 0 fully saturated rings. The first-order chi connectivity index (χ1) is 9.45. The normalized spacial score (nSPS) is 10.3. The van der Waals surface area contributed by atoms with Gasteiger partial charge < -0.3 is 11.1 Å². The monoisotopic (exact) mass is 280 g/mol. The first-order valence-corrected chi connectivity index (χ1v) is 5.74. The molecule has 0 saturated carbocycles. The zero-order chi connectivity index (χ0) is 14.7. The minimum atomic E-state index is -0.760. The van der Waals surface area contributed by atoms with E-state index in [1.165, 1.54) is 12.1 Å². The third-order valence-electron chi connectivity index (χ3n) is 2.64. The summed E-state index contributed by atoms with van der Waals surface area (Å²) >= 11 is 0. The maximum atomic E-state index is 13.4. The Balaban J connectivity index is 2.08. The van der Waals surface area contributed by atoms with Gasteiger partial charge in [0.1, 0.15) is 17.5 Å². The summed E-state index contributed by atoms with van der Waals surface area (Å²) in [6, 6.07) is 6.44. The lowest BCUT2D eigenvalue weighted by molar-refractivity contribution is 0.0950. The van der Waals surface area contributed by atoms with E-state index in [0.29, 0.717) is 0 Å². The van der Waals surface area contributed by atoms with Gasteiger partial charge in [-0.15, -0.1) is 0 Å². The van der Waals surface area contributed by atoms with E-state index in [4.69, 9.17) is 5.73 Å². The van der Waals surface area contributed by atoms with Gasteiger partial charge in [0.15, 0.2) is 0 Å². The van der Waals surface area contributed by atoms with Crippen LogP contribution >= 0.6 is 0 Å². The van der Waals surface area contributed by atoms with Crippen molar-refractivity contribution in [2.45, 2.75) is 6.54 Å². The summed E-state index contributed by atoms with van der Waals surface area (Å²) in [5.74, 6) is -2.69. The topological polar surface area (TPSA) is 55.1 Å². The summed E-state index contributed by atoms with van der Waals surface area (Å²) in [5, 5.41) is 2.41. The van der Waals surface area contributed by atoms with Gasteiger partial charge >= 0.3 is 0 Å². The average Bonchev–Trinajstić information content (AvgIpc) is 2.36. The van der Waals surface area contributed by atoms with E-state index in [-0.39, 0.29) is 23.4 Å². The molecule has 0 atom stereocenters. The first-order valence-electron chi connectivity index (χ1n) is 5.74. The smallest absolute Gasteiger partial charge is 0.251 e. The molecule has 0 saturated heterocycles. The number of nitrogens with one attached hydrogen (secondary N) is 1. The summed E-state index contributed by atoms with van der Waals surface area (Å²) in [6.45, 7) is -0.138. The third kappa shape index (κ3) is 3.28. The van der Waals surface area contributed by atoms with Crippen LogP contribution in [-0.4, -0.2) is 5.91 Å². The second-order valence-corrected chi connectivity index (χ2v) is 4.19. The predicted octanol–water partition coefficient (Wildman–Crippen LogP) is 2.62. The number of nitrogens with two attached hydrogens (primary N) is 1. The van der Waals surface area contributed by atoms with E-state index in [0.717, 1.165) is 24.3 Å². The minimum absolute atomic E-state index is 0.0324. The SMILES string of the molecule is Nc1cc(F)cc(C(=O)NCc2ccc(F)cc2F)c1. The predicted molar refractivity (Wildman–Crippen MR) is 68.3 cm³/mol. The number of halogens is 3.